The first-order chi connectivity index (χ1) is 11.2. The van der Waals surface area contributed by atoms with Crippen LogP contribution in [0, 0.1) is 0 Å². The minimum Gasteiger partial charge on any atom is -0.399 e. The van der Waals surface area contributed by atoms with Crippen molar-refractivity contribution < 1.29 is 9.47 Å². The Balaban J connectivity index is 2.42. The zero-order chi connectivity index (χ0) is 16.7. The molecule has 0 amide bonds. The molecule has 0 aliphatic carbocycles. The fraction of sp³-hybridized carbons (Fsp3) is 0.333. The lowest BCUT2D eigenvalue weighted by Gasteiger charge is -2.27. The Kier molecular flexibility index (Phi) is 6.89. The van der Waals surface area contributed by atoms with Crippen LogP contribution in [-0.4, -0.2) is 40.5 Å². The Morgan fingerprint density at radius 2 is 1.70 bits per heavy atom. The van der Waals surface area contributed by atoms with Crippen molar-refractivity contribution in [3.05, 3.63) is 46.9 Å². The smallest absolute Gasteiger partial charge is 0.0637 e. The second-order valence-corrected chi connectivity index (χ2v) is 6.18. The van der Waals surface area contributed by atoms with Crippen molar-refractivity contribution in [1.82, 2.24) is 0 Å². The highest BCUT2D eigenvalue weighted by Gasteiger charge is 2.13. The SMILES string of the molecule is COCCN(CCOC)c1ccc(N)cc1-c1cccc(Br)c1. The van der Waals surface area contributed by atoms with Crippen LogP contribution < -0.4 is 10.6 Å². The van der Waals surface area contributed by atoms with Crippen LogP contribution in [0.2, 0.25) is 0 Å². The van der Waals surface area contributed by atoms with Crippen LogP contribution >= 0.6 is 15.9 Å². The number of nitrogen functional groups attached to an aromatic ring is 1. The van der Waals surface area contributed by atoms with E-state index in [-0.39, 0.29) is 0 Å². The summed E-state index contributed by atoms with van der Waals surface area (Å²) in [5.74, 6) is 0. The predicted octanol–water partition coefficient (Wildman–Crippen LogP) is 3.80. The Hall–Kier alpha value is -1.56. The number of nitrogens with zero attached hydrogens (tertiary/aromatic N) is 1. The van der Waals surface area contributed by atoms with Gasteiger partial charge in [-0.15, -0.1) is 0 Å². The van der Waals surface area contributed by atoms with Gasteiger partial charge in [0.05, 0.1) is 13.2 Å². The van der Waals surface area contributed by atoms with Crippen LogP contribution in [0.1, 0.15) is 0 Å². The van der Waals surface area contributed by atoms with Gasteiger partial charge >= 0.3 is 0 Å². The van der Waals surface area contributed by atoms with Crippen molar-refractivity contribution >= 4 is 27.3 Å². The molecule has 2 aromatic carbocycles. The molecule has 0 saturated heterocycles. The third-order valence-electron chi connectivity index (χ3n) is 3.63. The average molecular weight is 379 g/mol. The van der Waals surface area contributed by atoms with Gasteiger partial charge in [-0.3, -0.25) is 0 Å². The van der Waals surface area contributed by atoms with Crippen molar-refractivity contribution in [2.75, 3.05) is 51.2 Å². The highest BCUT2D eigenvalue weighted by Crippen LogP contribution is 2.34. The molecule has 0 saturated carbocycles. The quantitative estimate of drug-likeness (QED) is 0.709. The molecule has 2 rings (SSSR count). The van der Waals surface area contributed by atoms with E-state index < -0.39 is 0 Å². The second-order valence-electron chi connectivity index (χ2n) is 5.26. The fourth-order valence-electron chi connectivity index (χ4n) is 2.47. The van der Waals surface area contributed by atoms with Gasteiger partial charge in [-0.1, -0.05) is 28.1 Å². The average Bonchev–Trinajstić information content (AvgIpc) is 2.55. The fourth-order valence-corrected chi connectivity index (χ4v) is 2.87. The van der Waals surface area contributed by atoms with E-state index in [1.54, 1.807) is 14.2 Å². The molecule has 2 aromatic rings. The lowest BCUT2D eigenvalue weighted by Crippen LogP contribution is -2.31. The van der Waals surface area contributed by atoms with E-state index in [1.165, 1.54) is 0 Å². The summed E-state index contributed by atoms with van der Waals surface area (Å²) in [4.78, 5) is 2.27. The number of nitrogens with two attached hydrogens (primary N) is 1. The normalized spacial score (nSPS) is 10.7. The second kappa shape index (κ2) is 8.91. The third kappa shape index (κ3) is 4.96. The lowest BCUT2D eigenvalue weighted by atomic mass is 10.0. The lowest BCUT2D eigenvalue weighted by molar-refractivity contribution is 0.190. The maximum Gasteiger partial charge on any atom is 0.0637 e. The van der Waals surface area contributed by atoms with Crippen molar-refractivity contribution in [3.63, 3.8) is 0 Å². The molecular weight excluding hydrogens is 356 g/mol. The summed E-state index contributed by atoms with van der Waals surface area (Å²) in [5, 5.41) is 0. The molecule has 5 heteroatoms. The molecule has 0 aliphatic heterocycles. The van der Waals surface area contributed by atoms with E-state index in [0.29, 0.717) is 13.2 Å². The molecule has 0 heterocycles. The molecule has 2 N–H and O–H groups in total. The van der Waals surface area contributed by atoms with Gasteiger partial charge in [0.25, 0.3) is 0 Å². The van der Waals surface area contributed by atoms with Crippen LogP contribution in [0.5, 0.6) is 0 Å². The minimum atomic E-state index is 0.659. The van der Waals surface area contributed by atoms with Gasteiger partial charge in [0.1, 0.15) is 0 Å². The monoisotopic (exact) mass is 378 g/mol. The largest absolute Gasteiger partial charge is 0.399 e. The zero-order valence-corrected chi connectivity index (χ0v) is 15.2. The molecular formula is C18H23BrN2O2. The van der Waals surface area contributed by atoms with Crippen LogP contribution in [-0.2, 0) is 9.47 Å². The molecule has 0 unspecified atom stereocenters. The highest BCUT2D eigenvalue weighted by atomic mass is 79.9. The van der Waals surface area contributed by atoms with E-state index in [9.17, 15) is 0 Å². The molecule has 124 valence electrons. The van der Waals surface area contributed by atoms with Crippen molar-refractivity contribution in [2.24, 2.45) is 0 Å². The molecule has 0 fully saturated rings. The zero-order valence-electron chi connectivity index (χ0n) is 13.6. The maximum atomic E-state index is 6.02. The van der Waals surface area contributed by atoms with Gasteiger partial charge in [-0.2, -0.15) is 0 Å². The van der Waals surface area contributed by atoms with E-state index in [0.717, 1.165) is 40.1 Å². The Labute approximate surface area is 146 Å². The third-order valence-corrected chi connectivity index (χ3v) is 4.12. The van der Waals surface area contributed by atoms with Gasteiger partial charge in [-0.25, -0.2) is 0 Å². The molecule has 0 aromatic heterocycles. The summed E-state index contributed by atoms with van der Waals surface area (Å²) in [5.41, 5.74) is 10.1. The first-order valence-electron chi connectivity index (χ1n) is 7.54. The molecule has 0 atom stereocenters. The summed E-state index contributed by atoms with van der Waals surface area (Å²) in [6.07, 6.45) is 0. The van der Waals surface area contributed by atoms with E-state index in [4.69, 9.17) is 15.2 Å². The van der Waals surface area contributed by atoms with Crippen LogP contribution in [0.15, 0.2) is 46.9 Å². The number of rotatable bonds is 8. The Morgan fingerprint density at radius 3 is 2.30 bits per heavy atom. The minimum absolute atomic E-state index is 0.659. The number of benzene rings is 2. The molecule has 0 bridgehead atoms. The summed E-state index contributed by atoms with van der Waals surface area (Å²) < 4.78 is 11.5. The van der Waals surface area contributed by atoms with Gasteiger partial charge in [0, 0.05) is 48.7 Å². The van der Waals surface area contributed by atoms with Crippen LogP contribution in [0.25, 0.3) is 11.1 Å². The van der Waals surface area contributed by atoms with Crippen LogP contribution in [0.4, 0.5) is 11.4 Å². The van der Waals surface area contributed by atoms with E-state index in [2.05, 4.69) is 39.0 Å². The first kappa shape index (κ1) is 17.8. The number of hydrogen-bond acceptors (Lipinski definition) is 4. The highest BCUT2D eigenvalue weighted by molar-refractivity contribution is 9.10. The van der Waals surface area contributed by atoms with E-state index in [1.807, 2.05) is 24.3 Å². The summed E-state index contributed by atoms with van der Waals surface area (Å²) >= 11 is 3.54. The molecule has 0 aliphatic rings. The molecule has 23 heavy (non-hydrogen) atoms. The van der Waals surface area contributed by atoms with Gasteiger partial charge in [-0.05, 0) is 35.9 Å². The number of hydrogen-bond donors (Lipinski definition) is 1. The van der Waals surface area contributed by atoms with Gasteiger partial charge in [0.15, 0.2) is 0 Å². The van der Waals surface area contributed by atoms with Crippen molar-refractivity contribution in [2.45, 2.75) is 0 Å². The Bertz CT molecular complexity index is 626. The van der Waals surface area contributed by atoms with Crippen LogP contribution in [0.3, 0.4) is 0 Å². The van der Waals surface area contributed by atoms with Gasteiger partial charge in [0.2, 0.25) is 0 Å². The summed E-state index contributed by atoms with van der Waals surface area (Å²) in [6, 6.07) is 14.3. The maximum absolute atomic E-state index is 6.02. The molecule has 0 radical (unpaired) electrons. The Morgan fingerprint density at radius 1 is 1.00 bits per heavy atom. The number of halogens is 1. The van der Waals surface area contributed by atoms with Crippen molar-refractivity contribution in [1.29, 1.82) is 0 Å². The van der Waals surface area contributed by atoms with Gasteiger partial charge < -0.3 is 20.1 Å². The number of methoxy groups -OCH3 is 2. The number of ether oxygens (including phenoxy) is 2. The summed E-state index contributed by atoms with van der Waals surface area (Å²) in [6.45, 7) is 2.91. The van der Waals surface area contributed by atoms with E-state index >= 15 is 0 Å². The predicted molar refractivity (Wildman–Crippen MR) is 100.0 cm³/mol. The summed E-state index contributed by atoms with van der Waals surface area (Å²) in [7, 11) is 3.43. The first-order valence-corrected chi connectivity index (χ1v) is 8.33. The number of anilines is 2. The molecule has 0 spiro atoms. The van der Waals surface area contributed by atoms with Crippen molar-refractivity contribution in [3.8, 4) is 11.1 Å². The molecule has 4 nitrogen and oxygen atoms in total. The topological polar surface area (TPSA) is 47.7 Å². The standard InChI is InChI=1S/C18H23BrN2O2/c1-22-10-8-21(9-11-23-2)18-7-6-16(20)13-17(18)14-4-3-5-15(19)12-14/h3-7,12-13H,8-11,20H2,1-2H3.